The summed E-state index contributed by atoms with van der Waals surface area (Å²) >= 11 is 0. The number of nitrogens with one attached hydrogen (secondary N) is 1. The van der Waals surface area contributed by atoms with Gasteiger partial charge in [-0.1, -0.05) is 0 Å². The van der Waals surface area contributed by atoms with E-state index < -0.39 is 4.92 Å². The van der Waals surface area contributed by atoms with Crippen LogP contribution in [0.5, 0.6) is 0 Å². The maximum Gasteiger partial charge on any atom is 0.272 e. The third-order valence-electron chi connectivity index (χ3n) is 3.91. The molecule has 1 aromatic carbocycles. The van der Waals surface area contributed by atoms with Crippen LogP contribution in [-0.4, -0.2) is 33.2 Å². The predicted octanol–water partition coefficient (Wildman–Crippen LogP) is 1.25. The van der Waals surface area contributed by atoms with Gasteiger partial charge in [-0.2, -0.15) is 5.10 Å². The Morgan fingerprint density at radius 3 is 2.65 bits per heavy atom. The second-order valence-corrected chi connectivity index (χ2v) is 5.57. The zero-order valence-corrected chi connectivity index (χ0v) is 12.4. The average molecular weight is 315 g/mol. The van der Waals surface area contributed by atoms with Crippen molar-refractivity contribution in [2.45, 2.75) is 18.9 Å². The number of carbonyl (C=O) groups excluding carboxylic acids is 1. The van der Waals surface area contributed by atoms with Gasteiger partial charge in [0, 0.05) is 30.9 Å². The van der Waals surface area contributed by atoms with Crippen LogP contribution >= 0.6 is 0 Å². The van der Waals surface area contributed by atoms with Gasteiger partial charge in [0.25, 0.3) is 11.6 Å². The van der Waals surface area contributed by atoms with Crippen molar-refractivity contribution in [3.63, 3.8) is 0 Å². The first-order chi connectivity index (χ1) is 11.1. The molecule has 1 amide bonds. The number of nitro groups is 1. The lowest BCUT2D eigenvalue weighted by Crippen LogP contribution is -2.41. The third-order valence-corrected chi connectivity index (χ3v) is 3.91. The Morgan fingerprint density at radius 1 is 1.39 bits per heavy atom. The minimum atomic E-state index is -0.462. The smallest absolute Gasteiger partial charge is 0.272 e. The highest BCUT2D eigenvalue weighted by atomic mass is 16.6. The molecule has 1 fully saturated rings. The molecule has 1 heterocycles. The predicted molar refractivity (Wildman–Crippen MR) is 83.3 cm³/mol. The van der Waals surface area contributed by atoms with Gasteiger partial charge < -0.3 is 11.1 Å². The summed E-state index contributed by atoms with van der Waals surface area (Å²) in [6, 6.07) is 7.56. The summed E-state index contributed by atoms with van der Waals surface area (Å²) in [6.07, 6.45) is 3.84. The largest absolute Gasteiger partial charge is 0.346 e. The number of amides is 1. The standard InChI is InChI=1S/C15H17N5O3/c16-9-14(10-1-2-10)17-15(21)13-7-8-19(18-13)11-3-5-12(6-4-11)20(22)23/h3-8,10,14H,1-2,9,16H2,(H,17,21). The van der Waals surface area contributed by atoms with E-state index in [9.17, 15) is 14.9 Å². The van der Waals surface area contributed by atoms with Crippen LogP contribution in [0.1, 0.15) is 23.3 Å². The first-order valence-electron chi connectivity index (χ1n) is 7.40. The van der Waals surface area contributed by atoms with Crippen LogP contribution in [0.4, 0.5) is 5.69 Å². The van der Waals surface area contributed by atoms with Crippen molar-refractivity contribution in [3.8, 4) is 5.69 Å². The van der Waals surface area contributed by atoms with E-state index in [0.29, 0.717) is 23.8 Å². The highest BCUT2D eigenvalue weighted by molar-refractivity contribution is 5.92. The van der Waals surface area contributed by atoms with Gasteiger partial charge >= 0.3 is 0 Å². The van der Waals surface area contributed by atoms with Crippen molar-refractivity contribution in [1.29, 1.82) is 0 Å². The number of carbonyl (C=O) groups is 1. The van der Waals surface area contributed by atoms with E-state index in [2.05, 4.69) is 10.4 Å². The maximum atomic E-state index is 12.2. The number of nitrogens with zero attached hydrogens (tertiary/aromatic N) is 3. The molecule has 1 aliphatic carbocycles. The van der Waals surface area contributed by atoms with E-state index in [1.807, 2.05) is 0 Å². The lowest BCUT2D eigenvalue weighted by Gasteiger charge is -2.14. The molecule has 0 spiro atoms. The van der Waals surface area contributed by atoms with Crippen LogP contribution in [-0.2, 0) is 0 Å². The van der Waals surface area contributed by atoms with Gasteiger partial charge in [0.2, 0.25) is 0 Å². The van der Waals surface area contributed by atoms with Gasteiger partial charge in [-0.25, -0.2) is 4.68 Å². The fourth-order valence-electron chi connectivity index (χ4n) is 2.43. The second-order valence-electron chi connectivity index (χ2n) is 5.57. The molecule has 0 bridgehead atoms. The van der Waals surface area contributed by atoms with E-state index in [4.69, 9.17) is 5.73 Å². The number of hydrogen-bond donors (Lipinski definition) is 2. The highest BCUT2D eigenvalue weighted by Crippen LogP contribution is 2.32. The molecule has 3 N–H and O–H groups in total. The molecular formula is C15H17N5O3. The number of rotatable bonds is 6. The normalized spacial score (nSPS) is 15.2. The van der Waals surface area contributed by atoms with Crippen LogP contribution in [0.3, 0.4) is 0 Å². The first kappa shape index (κ1) is 15.2. The van der Waals surface area contributed by atoms with E-state index >= 15 is 0 Å². The highest BCUT2D eigenvalue weighted by Gasteiger charge is 2.31. The minimum Gasteiger partial charge on any atom is -0.346 e. The fraction of sp³-hybridized carbons (Fsp3) is 0.333. The van der Waals surface area contributed by atoms with Gasteiger partial charge in [0.1, 0.15) is 0 Å². The Balaban J connectivity index is 1.71. The zero-order chi connectivity index (χ0) is 16.4. The summed E-state index contributed by atoms with van der Waals surface area (Å²) in [5.74, 6) is 0.216. The number of nitro benzene ring substituents is 1. The molecule has 8 nitrogen and oxygen atoms in total. The Hall–Kier alpha value is -2.74. The monoisotopic (exact) mass is 315 g/mol. The van der Waals surface area contributed by atoms with Crippen LogP contribution in [0.25, 0.3) is 5.69 Å². The average Bonchev–Trinajstić information content (AvgIpc) is 3.28. The SMILES string of the molecule is NCC(NC(=O)c1ccn(-c2ccc([N+](=O)[O-])cc2)n1)C1CC1. The van der Waals surface area contributed by atoms with Gasteiger partial charge in [-0.15, -0.1) is 0 Å². The van der Waals surface area contributed by atoms with Crippen molar-refractivity contribution in [3.05, 3.63) is 52.3 Å². The number of hydrogen-bond acceptors (Lipinski definition) is 5. The fourth-order valence-corrected chi connectivity index (χ4v) is 2.43. The molecule has 0 radical (unpaired) electrons. The minimum absolute atomic E-state index is 0.00738. The summed E-state index contributed by atoms with van der Waals surface area (Å²) in [5, 5.41) is 17.8. The van der Waals surface area contributed by atoms with Crippen LogP contribution in [0.15, 0.2) is 36.5 Å². The van der Waals surface area contributed by atoms with Crippen LogP contribution in [0.2, 0.25) is 0 Å². The first-order valence-corrected chi connectivity index (χ1v) is 7.40. The second kappa shape index (κ2) is 6.17. The van der Waals surface area contributed by atoms with E-state index in [1.54, 1.807) is 24.4 Å². The Bertz CT molecular complexity index is 721. The zero-order valence-electron chi connectivity index (χ0n) is 12.4. The lowest BCUT2D eigenvalue weighted by atomic mass is 10.2. The lowest BCUT2D eigenvalue weighted by molar-refractivity contribution is -0.384. The molecule has 3 rings (SSSR count). The van der Waals surface area contributed by atoms with Crippen molar-refractivity contribution < 1.29 is 9.72 Å². The molecule has 1 atom stereocenters. The number of benzene rings is 1. The molecular weight excluding hydrogens is 298 g/mol. The van der Waals surface area contributed by atoms with Gasteiger partial charge in [0.15, 0.2) is 5.69 Å². The topological polar surface area (TPSA) is 116 Å². The number of non-ortho nitro benzene ring substituents is 1. The summed E-state index contributed by atoms with van der Waals surface area (Å²) < 4.78 is 1.51. The van der Waals surface area contributed by atoms with Crippen molar-refractivity contribution in [2.24, 2.45) is 11.7 Å². The number of nitrogens with two attached hydrogens (primary N) is 1. The number of aromatic nitrogens is 2. The van der Waals surface area contributed by atoms with E-state index in [1.165, 1.54) is 16.8 Å². The molecule has 0 saturated heterocycles. The van der Waals surface area contributed by atoms with Gasteiger partial charge in [-0.3, -0.25) is 14.9 Å². The van der Waals surface area contributed by atoms with E-state index in [-0.39, 0.29) is 17.6 Å². The maximum absolute atomic E-state index is 12.2. The molecule has 1 aromatic heterocycles. The Morgan fingerprint density at radius 2 is 2.09 bits per heavy atom. The Kier molecular flexibility index (Phi) is 4.07. The molecule has 8 heteroatoms. The third kappa shape index (κ3) is 3.37. The van der Waals surface area contributed by atoms with Gasteiger partial charge in [-0.05, 0) is 37.0 Å². The summed E-state index contributed by atoms with van der Waals surface area (Å²) in [4.78, 5) is 22.4. The van der Waals surface area contributed by atoms with Crippen LogP contribution in [0, 0.1) is 16.0 Å². The molecule has 120 valence electrons. The molecule has 2 aromatic rings. The molecule has 23 heavy (non-hydrogen) atoms. The van der Waals surface area contributed by atoms with E-state index in [0.717, 1.165) is 12.8 Å². The van der Waals surface area contributed by atoms with Crippen LogP contribution < -0.4 is 11.1 Å². The summed E-state index contributed by atoms with van der Waals surface area (Å²) in [7, 11) is 0. The Labute approximate surface area is 132 Å². The molecule has 1 saturated carbocycles. The molecule has 1 unspecified atom stereocenters. The summed E-state index contributed by atoms with van der Waals surface area (Å²) in [6.45, 7) is 0.416. The summed E-state index contributed by atoms with van der Waals surface area (Å²) in [5.41, 5.74) is 6.63. The van der Waals surface area contributed by atoms with Gasteiger partial charge in [0.05, 0.1) is 10.6 Å². The van der Waals surface area contributed by atoms with Crippen molar-refractivity contribution in [1.82, 2.24) is 15.1 Å². The van der Waals surface area contributed by atoms with Crippen molar-refractivity contribution in [2.75, 3.05) is 6.54 Å². The molecule has 1 aliphatic rings. The molecule has 0 aliphatic heterocycles. The van der Waals surface area contributed by atoms with Crippen molar-refractivity contribution >= 4 is 11.6 Å². The quantitative estimate of drug-likeness (QED) is 0.614.